The Balaban J connectivity index is 2.62. The van der Waals surface area contributed by atoms with Crippen LogP contribution in [0.1, 0.15) is 25.8 Å². The minimum absolute atomic E-state index is 0.0327. The minimum Gasteiger partial charge on any atom is -0.398 e. The summed E-state index contributed by atoms with van der Waals surface area (Å²) in [7, 11) is 1.67. The molecule has 0 aliphatic heterocycles. The molecule has 5 nitrogen and oxygen atoms in total. The van der Waals surface area contributed by atoms with E-state index in [1.807, 2.05) is 19.1 Å². The van der Waals surface area contributed by atoms with Gasteiger partial charge in [-0.3, -0.25) is 9.69 Å². The maximum absolute atomic E-state index is 12.2. The Hall–Kier alpha value is -1.59. The Labute approximate surface area is 127 Å². The molecule has 0 heterocycles. The highest BCUT2D eigenvalue weighted by molar-refractivity contribution is 5.92. The topological polar surface area (TPSA) is 67.6 Å². The largest absolute Gasteiger partial charge is 0.398 e. The summed E-state index contributed by atoms with van der Waals surface area (Å²) in [6.45, 7) is 7.89. The summed E-state index contributed by atoms with van der Waals surface area (Å²) in [6.07, 6.45) is 0.995. The van der Waals surface area contributed by atoms with E-state index in [4.69, 9.17) is 10.5 Å². The van der Waals surface area contributed by atoms with Crippen LogP contribution in [0.5, 0.6) is 0 Å². The van der Waals surface area contributed by atoms with Crippen LogP contribution in [0.3, 0.4) is 0 Å². The molecule has 5 heteroatoms. The number of amides is 1. The number of aryl methyl sites for hydroxylation is 1. The fraction of sp³-hybridized carbons (Fsp3) is 0.562. The number of anilines is 2. The number of ether oxygens (including phenoxy) is 1. The van der Waals surface area contributed by atoms with Crippen molar-refractivity contribution in [1.82, 2.24) is 4.90 Å². The zero-order valence-electron chi connectivity index (χ0n) is 13.5. The first-order valence-corrected chi connectivity index (χ1v) is 7.36. The van der Waals surface area contributed by atoms with Crippen molar-refractivity contribution in [3.63, 3.8) is 0 Å². The van der Waals surface area contributed by atoms with Gasteiger partial charge in [-0.25, -0.2) is 0 Å². The van der Waals surface area contributed by atoms with Gasteiger partial charge in [-0.15, -0.1) is 0 Å². The smallest absolute Gasteiger partial charge is 0.238 e. The molecule has 0 saturated carbocycles. The summed E-state index contributed by atoms with van der Waals surface area (Å²) in [5.74, 6) is -0.0327. The summed E-state index contributed by atoms with van der Waals surface area (Å²) in [5, 5.41) is 2.89. The number of rotatable bonds is 8. The van der Waals surface area contributed by atoms with E-state index in [0.29, 0.717) is 24.9 Å². The van der Waals surface area contributed by atoms with Gasteiger partial charge in [-0.05, 0) is 38.0 Å². The standard InChI is InChI=1S/C16H27N3O2/c1-5-13(3)19(8-9-21-4)11-16(20)18-14-7-6-12(2)15(17)10-14/h6-7,10,13H,5,8-9,11,17H2,1-4H3,(H,18,20). The van der Waals surface area contributed by atoms with Crippen molar-refractivity contribution in [2.45, 2.75) is 33.2 Å². The van der Waals surface area contributed by atoms with Crippen molar-refractivity contribution in [3.05, 3.63) is 23.8 Å². The first-order valence-electron chi connectivity index (χ1n) is 7.36. The molecule has 0 radical (unpaired) electrons. The molecule has 1 unspecified atom stereocenters. The molecule has 0 spiro atoms. The van der Waals surface area contributed by atoms with Crippen molar-refractivity contribution >= 4 is 17.3 Å². The second-order valence-corrected chi connectivity index (χ2v) is 5.34. The molecular formula is C16H27N3O2. The normalized spacial score (nSPS) is 12.4. The highest BCUT2D eigenvalue weighted by Gasteiger charge is 2.16. The number of methoxy groups -OCH3 is 1. The van der Waals surface area contributed by atoms with Crippen molar-refractivity contribution < 1.29 is 9.53 Å². The van der Waals surface area contributed by atoms with Crippen LogP contribution in [0, 0.1) is 6.92 Å². The average Bonchev–Trinajstić information content (AvgIpc) is 2.46. The predicted molar refractivity (Wildman–Crippen MR) is 87.4 cm³/mol. The summed E-state index contributed by atoms with van der Waals surface area (Å²) in [6, 6.07) is 5.90. The van der Waals surface area contributed by atoms with Crippen LogP contribution in [0.2, 0.25) is 0 Å². The van der Waals surface area contributed by atoms with Gasteiger partial charge in [0.05, 0.1) is 13.2 Å². The third-order valence-corrected chi connectivity index (χ3v) is 3.71. The molecule has 118 valence electrons. The lowest BCUT2D eigenvalue weighted by Gasteiger charge is -2.27. The summed E-state index contributed by atoms with van der Waals surface area (Å²) in [4.78, 5) is 14.3. The zero-order chi connectivity index (χ0) is 15.8. The monoisotopic (exact) mass is 293 g/mol. The minimum atomic E-state index is -0.0327. The summed E-state index contributed by atoms with van der Waals surface area (Å²) < 4.78 is 5.11. The van der Waals surface area contributed by atoms with Crippen LogP contribution in [-0.2, 0) is 9.53 Å². The third-order valence-electron chi connectivity index (χ3n) is 3.71. The van der Waals surface area contributed by atoms with Crippen LogP contribution < -0.4 is 11.1 Å². The zero-order valence-corrected chi connectivity index (χ0v) is 13.5. The number of benzene rings is 1. The molecular weight excluding hydrogens is 266 g/mol. The van der Waals surface area contributed by atoms with Crippen LogP contribution in [0.25, 0.3) is 0 Å². The molecule has 1 rings (SSSR count). The Morgan fingerprint density at radius 2 is 2.19 bits per heavy atom. The van der Waals surface area contributed by atoms with Crippen molar-refractivity contribution in [1.29, 1.82) is 0 Å². The first kappa shape index (κ1) is 17.5. The molecule has 3 N–H and O–H groups in total. The van der Waals surface area contributed by atoms with E-state index in [1.165, 1.54) is 0 Å². The van der Waals surface area contributed by atoms with E-state index in [1.54, 1.807) is 13.2 Å². The molecule has 0 aliphatic carbocycles. The quantitative estimate of drug-likeness (QED) is 0.722. The Morgan fingerprint density at radius 3 is 2.76 bits per heavy atom. The number of nitrogens with zero attached hydrogens (tertiary/aromatic N) is 1. The SMILES string of the molecule is CCC(C)N(CCOC)CC(=O)Nc1ccc(C)c(N)c1. The first-order chi connectivity index (χ1) is 9.97. The Bertz CT molecular complexity index is 463. The number of nitrogen functional groups attached to an aromatic ring is 1. The molecule has 1 atom stereocenters. The number of hydrogen-bond donors (Lipinski definition) is 2. The highest BCUT2D eigenvalue weighted by atomic mass is 16.5. The lowest BCUT2D eigenvalue weighted by Crippen LogP contribution is -2.41. The average molecular weight is 293 g/mol. The lowest BCUT2D eigenvalue weighted by atomic mass is 10.2. The molecule has 0 aromatic heterocycles. The number of nitrogens with two attached hydrogens (primary N) is 1. The number of carbonyl (C=O) groups excluding carboxylic acids is 1. The Kier molecular flexibility index (Phi) is 7.19. The number of carbonyl (C=O) groups is 1. The molecule has 0 aliphatic rings. The second-order valence-electron chi connectivity index (χ2n) is 5.34. The predicted octanol–water partition coefficient (Wildman–Crippen LogP) is 2.26. The van der Waals surface area contributed by atoms with Gasteiger partial charge in [0.15, 0.2) is 0 Å². The van der Waals surface area contributed by atoms with Gasteiger partial charge in [0.2, 0.25) is 5.91 Å². The molecule has 1 amide bonds. The molecule has 0 saturated heterocycles. The summed E-state index contributed by atoms with van der Waals surface area (Å²) >= 11 is 0. The van der Waals surface area contributed by atoms with Crippen LogP contribution in [0.4, 0.5) is 11.4 Å². The second kappa shape index (κ2) is 8.64. The third kappa shape index (κ3) is 5.73. The van der Waals surface area contributed by atoms with Crippen molar-refractivity contribution in [2.24, 2.45) is 0 Å². The molecule has 0 bridgehead atoms. The van der Waals surface area contributed by atoms with E-state index in [0.717, 1.165) is 24.2 Å². The highest BCUT2D eigenvalue weighted by Crippen LogP contribution is 2.17. The van der Waals surface area contributed by atoms with Gasteiger partial charge >= 0.3 is 0 Å². The number of hydrogen-bond acceptors (Lipinski definition) is 4. The van der Waals surface area contributed by atoms with E-state index < -0.39 is 0 Å². The molecule has 21 heavy (non-hydrogen) atoms. The van der Waals surface area contributed by atoms with E-state index >= 15 is 0 Å². The van der Waals surface area contributed by atoms with Gasteiger partial charge in [0, 0.05) is 31.1 Å². The van der Waals surface area contributed by atoms with Crippen LogP contribution in [-0.4, -0.2) is 43.7 Å². The Morgan fingerprint density at radius 1 is 1.48 bits per heavy atom. The van der Waals surface area contributed by atoms with Gasteiger partial charge < -0.3 is 15.8 Å². The maximum atomic E-state index is 12.2. The van der Waals surface area contributed by atoms with E-state index in [9.17, 15) is 4.79 Å². The van der Waals surface area contributed by atoms with E-state index in [-0.39, 0.29) is 5.91 Å². The van der Waals surface area contributed by atoms with Gasteiger partial charge in [0.25, 0.3) is 0 Å². The van der Waals surface area contributed by atoms with Gasteiger partial charge in [0.1, 0.15) is 0 Å². The molecule has 0 fully saturated rings. The van der Waals surface area contributed by atoms with Crippen LogP contribution in [0.15, 0.2) is 18.2 Å². The lowest BCUT2D eigenvalue weighted by molar-refractivity contribution is -0.118. The molecule has 1 aromatic rings. The van der Waals surface area contributed by atoms with Crippen LogP contribution >= 0.6 is 0 Å². The summed E-state index contributed by atoms with van der Waals surface area (Å²) in [5.41, 5.74) is 8.28. The number of nitrogens with one attached hydrogen (secondary N) is 1. The van der Waals surface area contributed by atoms with Gasteiger partial charge in [-0.1, -0.05) is 13.0 Å². The van der Waals surface area contributed by atoms with Crippen molar-refractivity contribution in [3.8, 4) is 0 Å². The maximum Gasteiger partial charge on any atom is 0.238 e. The van der Waals surface area contributed by atoms with E-state index in [2.05, 4.69) is 24.1 Å². The fourth-order valence-electron chi connectivity index (χ4n) is 2.03. The van der Waals surface area contributed by atoms with Crippen molar-refractivity contribution in [2.75, 3.05) is 37.9 Å². The van der Waals surface area contributed by atoms with Gasteiger partial charge in [-0.2, -0.15) is 0 Å². The fourth-order valence-corrected chi connectivity index (χ4v) is 2.03. The molecule has 1 aromatic carbocycles.